The van der Waals surface area contributed by atoms with Gasteiger partial charge in [-0.1, -0.05) is 84.0 Å². The summed E-state index contributed by atoms with van der Waals surface area (Å²) >= 11 is 24.0. The number of anilines is 2. The van der Waals surface area contributed by atoms with E-state index in [1.54, 1.807) is 0 Å². The van der Waals surface area contributed by atoms with E-state index in [1.807, 2.05) is 0 Å². The number of nitrogens with one attached hydrogen (secondary N) is 2. The van der Waals surface area contributed by atoms with Gasteiger partial charge in [0, 0.05) is 36.0 Å². The van der Waals surface area contributed by atoms with Gasteiger partial charge in [-0.3, -0.25) is 29.0 Å². The van der Waals surface area contributed by atoms with Crippen LogP contribution in [0.4, 0.5) is 37.7 Å². The lowest BCUT2D eigenvalue weighted by molar-refractivity contribution is -0.137. The lowest BCUT2D eigenvalue weighted by Crippen LogP contribution is -2.31. The number of hydrogen-bond acceptors (Lipinski definition) is 8. The lowest BCUT2D eigenvalue weighted by atomic mass is 10.1. The first-order valence-corrected chi connectivity index (χ1v) is 18.7. The third kappa shape index (κ3) is 11.1. The highest BCUT2D eigenvalue weighted by molar-refractivity contribution is 8.29. The summed E-state index contributed by atoms with van der Waals surface area (Å²) in [5, 5.41) is 4.30. The summed E-state index contributed by atoms with van der Waals surface area (Å²) in [4.78, 5) is 54.0. The minimum absolute atomic E-state index is 0.0554. The molecule has 0 saturated carbocycles. The van der Waals surface area contributed by atoms with E-state index in [4.69, 9.17) is 47.6 Å². The zero-order valence-electron chi connectivity index (χ0n) is 26.7. The summed E-state index contributed by atoms with van der Waals surface area (Å²) in [6.45, 7) is 0.406. The second-order valence-corrected chi connectivity index (χ2v) is 15.6. The molecule has 0 radical (unpaired) electrons. The summed E-state index contributed by atoms with van der Waals surface area (Å²) in [7, 11) is 0. The Morgan fingerprint density at radius 2 is 1.00 bits per heavy atom. The molecule has 20 heteroatoms. The quantitative estimate of drug-likeness (QED) is 0.0840. The molecule has 0 unspecified atom stereocenters. The van der Waals surface area contributed by atoms with Crippen LogP contribution in [0, 0.1) is 0 Å². The van der Waals surface area contributed by atoms with Crippen molar-refractivity contribution >= 4 is 115 Å². The van der Waals surface area contributed by atoms with Crippen molar-refractivity contribution in [1.29, 1.82) is 0 Å². The van der Waals surface area contributed by atoms with E-state index < -0.39 is 58.5 Å². The van der Waals surface area contributed by atoms with Crippen molar-refractivity contribution in [1.82, 2.24) is 9.80 Å². The van der Waals surface area contributed by atoms with Gasteiger partial charge in [-0.05, 0) is 62.1 Å². The van der Waals surface area contributed by atoms with E-state index in [0.717, 1.165) is 47.8 Å². The summed E-state index contributed by atoms with van der Waals surface area (Å²) in [6.07, 6.45) is -7.05. The molecule has 0 bridgehead atoms. The van der Waals surface area contributed by atoms with Crippen LogP contribution in [0.25, 0.3) is 0 Å². The number of carbonyl (C=O) groups excluding carboxylic acids is 4. The minimum atomic E-state index is -4.70. The third-order valence-electron chi connectivity index (χ3n) is 7.60. The van der Waals surface area contributed by atoms with Gasteiger partial charge < -0.3 is 10.6 Å². The zero-order chi connectivity index (χ0) is 38.4. The first-order valence-electron chi connectivity index (χ1n) is 15.5. The number of rotatable bonds is 14. The Labute approximate surface area is 323 Å². The second-order valence-electron chi connectivity index (χ2n) is 11.4. The molecule has 8 nitrogen and oxygen atoms in total. The molecule has 52 heavy (non-hydrogen) atoms. The first-order chi connectivity index (χ1) is 24.4. The molecule has 2 saturated heterocycles. The van der Waals surface area contributed by atoms with Crippen LogP contribution in [0.3, 0.4) is 0 Å². The fourth-order valence-electron chi connectivity index (χ4n) is 5.07. The Kier molecular flexibility index (Phi) is 14.4. The predicted octanol–water partition coefficient (Wildman–Crippen LogP) is 9.66. The molecule has 2 aliphatic rings. The molecule has 2 N–H and O–H groups in total. The van der Waals surface area contributed by atoms with Gasteiger partial charge in [0.1, 0.15) is 8.64 Å². The van der Waals surface area contributed by atoms with Gasteiger partial charge >= 0.3 is 12.4 Å². The molecule has 2 aliphatic heterocycles. The van der Waals surface area contributed by atoms with E-state index in [2.05, 4.69) is 10.6 Å². The lowest BCUT2D eigenvalue weighted by Gasteiger charge is -2.15. The number of thiocarbonyl (C=S) groups is 2. The largest absolute Gasteiger partial charge is 0.418 e. The highest BCUT2D eigenvalue weighted by Crippen LogP contribution is 2.43. The van der Waals surface area contributed by atoms with Crippen molar-refractivity contribution in [3.63, 3.8) is 0 Å². The number of alkyl halides is 6. The van der Waals surface area contributed by atoms with Crippen LogP contribution in [0.1, 0.15) is 62.5 Å². The number of amides is 4. The Morgan fingerprint density at radius 1 is 0.635 bits per heavy atom. The maximum atomic E-state index is 13.3. The number of nitrogens with zero attached hydrogens (tertiary/aromatic N) is 2. The summed E-state index contributed by atoms with van der Waals surface area (Å²) in [5.41, 5.74) is -2.89. The van der Waals surface area contributed by atoms with Crippen molar-refractivity contribution in [3.05, 3.63) is 67.4 Å². The standard InChI is InChI=1S/C32H28Cl2F6N4O4S4/c33-17-9-11-21(19(15-17)31(35,36)37)41-23(45)7-3-1-5-13-43-27(47)25(51-29(43)49)26-28(48)44(30(50)52-26)14-6-2-4-8-24(46)42-22-12-10-18(34)16-20(22)32(38,39)40/h9-12,15-16H,1-8,13-14H2,(H,41,45)(H,42,46). The zero-order valence-corrected chi connectivity index (χ0v) is 31.5. The topological polar surface area (TPSA) is 98.8 Å². The van der Waals surface area contributed by atoms with Crippen LogP contribution < -0.4 is 10.6 Å². The van der Waals surface area contributed by atoms with Crippen LogP contribution in [-0.4, -0.2) is 55.2 Å². The average molecular weight is 846 g/mol. The number of benzene rings is 2. The summed E-state index contributed by atoms with van der Waals surface area (Å²) < 4.78 is 80.3. The van der Waals surface area contributed by atoms with Crippen LogP contribution >= 0.6 is 71.2 Å². The van der Waals surface area contributed by atoms with Crippen molar-refractivity contribution in [3.8, 4) is 0 Å². The predicted molar refractivity (Wildman–Crippen MR) is 198 cm³/mol. The molecular weight excluding hydrogens is 818 g/mol. The third-order valence-corrected chi connectivity index (χ3v) is 11.1. The Hall–Kier alpha value is -2.90. The molecule has 0 spiro atoms. The maximum absolute atomic E-state index is 13.3. The van der Waals surface area contributed by atoms with Crippen LogP contribution in [0.2, 0.25) is 10.0 Å². The first kappa shape index (κ1) is 41.9. The van der Waals surface area contributed by atoms with Crippen molar-refractivity contribution in [2.24, 2.45) is 0 Å². The Balaban J connectivity index is 1.20. The van der Waals surface area contributed by atoms with Crippen LogP contribution in [-0.2, 0) is 31.5 Å². The molecule has 2 aromatic carbocycles. The molecule has 2 heterocycles. The van der Waals surface area contributed by atoms with Crippen LogP contribution in [0.15, 0.2) is 46.2 Å². The van der Waals surface area contributed by atoms with Crippen molar-refractivity contribution in [2.45, 2.75) is 63.7 Å². The number of halogens is 8. The fraction of sp³-hybridized carbons (Fsp3) is 0.375. The molecule has 0 aromatic heterocycles. The van der Waals surface area contributed by atoms with E-state index in [0.29, 0.717) is 38.5 Å². The molecule has 2 fully saturated rings. The number of thioether (sulfide) groups is 2. The van der Waals surface area contributed by atoms with E-state index in [-0.39, 0.29) is 54.4 Å². The number of carbonyl (C=O) groups is 4. The average Bonchev–Trinajstić information content (AvgIpc) is 3.49. The molecule has 0 atom stereocenters. The molecule has 2 aromatic rings. The van der Waals surface area contributed by atoms with Gasteiger partial charge in [-0.15, -0.1) is 0 Å². The highest BCUT2D eigenvalue weighted by atomic mass is 35.5. The Bertz CT molecular complexity index is 1680. The van der Waals surface area contributed by atoms with E-state index >= 15 is 0 Å². The minimum Gasteiger partial charge on any atom is -0.326 e. The van der Waals surface area contributed by atoms with Gasteiger partial charge in [0.05, 0.1) is 32.3 Å². The number of hydrogen-bond donors (Lipinski definition) is 2. The van der Waals surface area contributed by atoms with Gasteiger partial charge in [-0.2, -0.15) is 26.3 Å². The molecule has 4 rings (SSSR count). The summed E-state index contributed by atoms with van der Waals surface area (Å²) in [5.74, 6) is -2.14. The molecule has 4 amide bonds. The second kappa shape index (κ2) is 18.0. The molecular formula is C32H28Cl2F6N4O4S4. The van der Waals surface area contributed by atoms with Crippen molar-refractivity contribution < 1.29 is 45.5 Å². The van der Waals surface area contributed by atoms with Gasteiger partial charge in [0.25, 0.3) is 11.8 Å². The normalized spacial score (nSPS) is 16.7. The molecule has 0 aliphatic carbocycles. The SMILES string of the molecule is O=C(CCCCCN1C(=O)C(=C2SC(=S)N(CCCCCC(=O)Nc3ccc(Cl)cc3C(F)(F)F)C2=O)SC1=S)Nc1ccc(Cl)cc1C(F)(F)F. The number of unbranched alkanes of at least 4 members (excludes halogenated alkanes) is 4. The maximum Gasteiger partial charge on any atom is 0.418 e. The monoisotopic (exact) mass is 844 g/mol. The molecule has 280 valence electrons. The van der Waals surface area contributed by atoms with E-state index in [1.165, 1.54) is 21.9 Å². The highest BCUT2D eigenvalue weighted by Gasteiger charge is 2.42. The van der Waals surface area contributed by atoms with Gasteiger partial charge in [-0.25, -0.2) is 0 Å². The van der Waals surface area contributed by atoms with Gasteiger partial charge in [0.15, 0.2) is 0 Å². The Morgan fingerprint density at radius 3 is 1.35 bits per heavy atom. The fourth-order valence-corrected chi connectivity index (χ4v) is 8.18. The van der Waals surface area contributed by atoms with Crippen LogP contribution in [0.5, 0.6) is 0 Å². The van der Waals surface area contributed by atoms with Gasteiger partial charge in [0.2, 0.25) is 11.8 Å². The van der Waals surface area contributed by atoms with Crippen molar-refractivity contribution in [2.75, 3.05) is 23.7 Å². The van der Waals surface area contributed by atoms with E-state index in [9.17, 15) is 45.5 Å². The summed E-state index contributed by atoms with van der Waals surface area (Å²) in [6, 6.07) is 6.13. The smallest absolute Gasteiger partial charge is 0.326 e.